The maximum Gasteiger partial charge on any atom is 0.573 e. The van der Waals surface area contributed by atoms with Crippen LogP contribution in [-0.4, -0.2) is 18.1 Å². The van der Waals surface area contributed by atoms with Gasteiger partial charge in [0.25, 0.3) is 0 Å². The molecule has 0 aromatic heterocycles. The maximum atomic E-state index is 12.0. The first-order chi connectivity index (χ1) is 7.92. The summed E-state index contributed by atoms with van der Waals surface area (Å²) in [5.74, 6) is 4.75. The second-order valence-corrected chi connectivity index (χ2v) is 3.07. The zero-order chi connectivity index (χ0) is 12.9. The molecule has 17 heavy (non-hydrogen) atoms. The van der Waals surface area contributed by atoms with Gasteiger partial charge >= 0.3 is 6.36 Å². The average molecular weight is 245 g/mol. The lowest BCUT2D eigenvalue weighted by molar-refractivity contribution is -0.274. The number of rotatable bonds is 2. The largest absolute Gasteiger partial charge is 0.573 e. The van der Waals surface area contributed by atoms with E-state index >= 15 is 0 Å². The van der Waals surface area contributed by atoms with Crippen LogP contribution in [0.1, 0.15) is 12.0 Å². The third kappa shape index (κ3) is 4.66. The van der Waals surface area contributed by atoms with Crippen LogP contribution in [0.3, 0.4) is 0 Å². The van der Waals surface area contributed by atoms with Gasteiger partial charge in [0.2, 0.25) is 0 Å². The minimum absolute atomic E-state index is 0.119. The van der Waals surface area contributed by atoms with Gasteiger partial charge in [-0.3, -0.25) is 0 Å². The summed E-state index contributed by atoms with van der Waals surface area (Å²) in [6.07, 6.45) is -4.52. The highest BCUT2D eigenvalue weighted by atomic mass is 19.4. The van der Waals surface area contributed by atoms with Crippen molar-refractivity contribution in [1.29, 1.82) is 0 Å². The van der Waals surface area contributed by atoms with Gasteiger partial charge in [0.15, 0.2) is 0 Å². The van der Waals surface area contributed by atoms with Gasteiger partial charge in [-0.05, 0) is 18.2 Å². The number of hydrogen-bond acceptors (Lipinski definition) is 3. The van der Waals surface area contributed by atoms with Crippen LogP contribution in [0.4, 0.5) is 18.9 Å². The molecule has 1 aromatic carbocycles. The Labute approximate surface area is 96.0 Å². The maximum absolute atomic E-state index is 12.0. The molecule has 0 atom stereocenters. The predicted octanol–water partition coefficient (Wildman–Crippen LogP) is 1.90. The van der Waals surface area contributed by atoms with Crippen LogP contribution < -0.4 is 10.5 Å². The van der Waals surface area contributed by atoms with Gasteiger partial charge < -0.3 is 15.6 Å². The van der Waals surface area contributed by atoms with Crippen molar-refractivity contribution in [2.24, 2.45) is 0 Å². The number of benzene rings is 1. The standard InChI is InChI=1S/C11H10F3NO2/c12-11(13,14)17-9-4-5-10(15)8(7-9)3-1-2-6-16/h4-5,7,16H,2,6,15H2. The highest BCUT2D eigenvalue weighted by molar-refractivity contribution is 5.58. The first kappa shape index (κ1) is 13.2. The SMILES string of the molecule is Nc1ccc(OC(F)(F)F)cc1C#CCCO. The van der Waals surface area contributed by atoms with Crippen LogP contribution in [-0.2, 0) is 0 Å². The Kier molecular flexibility index (Phi) is 4.24. The second-order valence-electron chi connectivity index (χ2n) is 3.07. The van der Waals surface area contributed by atoms with E-state index in [0.29, 0.717) is 0 Å². The minimum Gasteiger partial charge on any atom is -0.406 e. The van der Waals surface area contributed by atoms with Crippen LogP contribution in [0.25, 0.3) is 0 Å². The van der Waals surface area contributed by atoms with Crippen molar-refractivity contribution in [2.75, 3.05) is 12.3 Å². The lowest BCUT2D eigenvalue weighted by Gasteiger charge is -2.09. The quantitative estimate of drug-likeness (QED) is 0.618. The van der Waals surface area contributed by atoms with E-state index in [1.54, 1.807) is 0 Å². The smallest absolute Gasteiger partial charge is 0.406 e. The first-order valence-electron chi connectivity index (χ1n) is 4.67. The van der Waals surface area contributed by atoms with Crippen molar-refractivity contribution in [3.05, 3.63) is 23.8 Å². The number of halogens is 3. The van der Waals surface area contributed by atoms with E-state index in [2.05, 4.69) is 16.6 Å². The molecule has 3 N–H and O–H groups in total. The van der Waals surface area contributed by atoms with Gasteiger partial charge in [-0.2, -0.15) is 0 Å². The summed E-state index contributed by atoms with van der Waals surface area (Å²) >= 11 is 0. The number of aliphatic hydroxyl groups excluding tert-OH is 1. The van der Waals surface area contributed by atoms with Crippen LogP contribution in [0.5, 0.6) is 5.75 Å². The summed E-state index contributed by atoms with van der Waals surface area (Å²) in [6, 6.07) is 3.50. The number of ether oxygens (including phenoxy) is 1. The molecule has 0 aliphatic rings. The minimum atomic E-state index is -4.74. The van der Waals surface area contributed by atoms with E-state index in [4.69, 9.17) is 10.8 Å². The zero-order valence-electron chi connectivity index (χ0n) is 8.71. The highest BCUT2D eigenvalue weighted by Gasteiger charge is 2.31. The molecule has 1 aromatic rings. The molecular weight excluding hydrogens is 235 g/mol. The summed E-state index contributed by atoms with van der Waals surface area (Å²) < 4.78 is 39.6. The lowest BCUT2D eigenvalue weighted by atomic mass is 10.1. The van der Waals surface area contributed by atoms with E-state index in [9.17, 15) is 13.2 Å². The number of nitrogens with two attached hydrogens (primary N) is 1. The first-order valence-corrected chi connectivity index (χ1v) is 4.67. The molecular formula is C11H10F3NO2. The Morgan fingerprint density at radius 2 is 2.06 bits per heavy atom. The zero-order valence-corrected chi connectivity index (χ0v) is 8.71. The predicted molar refractivity (Wildman–Crippen MR) is 56.1 cm³/mol. The topological polar surface area (TPSA) is 55.5 Å². The molecule has 0 saturated heterocycles. The van der Waals surface area contributed by atoms with Crippen molar-refractivity contribution in [3.8, 4) is 17.6 Å². The Balaban J connectivity index is 2.92. The number of nitrogen functional groups attached to an aromatic ring is 1. The van der Waals surface area contributed by atoms with Gasteiger partial charge in [-0.15, -0.1) is 13.2 Å². The molecule has 0 saturated carbocycles. The fourth-order valence-corrected chi connectivity index (χ4v) is 1.05. The Morgan fingerprint density at radius 1 is 1.35 bits per heavy atom. The molecule has 6 heteroatoms. The Bertz CT molecular complexity index is 446. The normalized spacial score (nSPS) is 10.6. The molecule has 0 amide bonds. The number of hydrogen-bond donors (Lipinski definition) is 2. The van der Waals surface area contributed by atoms with Crippen molar-refractivity contribution in [1.82, 2.24) is 0 Å². The summed E-state index contributed by atoms with van der Waals surface area (Å²) in [7, 11) is 0. The fourth-order valence-electron chi connectivity index (χ4n) is 1.05. The van der Waals surface area contributed by atoms with Crippen LogP contribution in [0, 0.1) is 11.8 Å². The van der Waals surface area contributed by atoms with E-state index in [-0.39, 0.29) is 30.0 Å². The van der Waals surface area contributed by atoms with Gasteiger partial charge in [-0.1, -0.05) is 11.8 Å². The summed E-state index contributed by atoms with van der Waals surface area (Å²) in [5, 5.41) is 8.51. The van der Waals surface area contributed by atoms with Crippen LogP contribution >= 0.6 is 0 Å². The van der Waals surface area contributed by atoms with E-state index < -0.39 is 6.36 Å². The Hall–Kier alpha value is -1.87. The van der Waals surface area contributed by atoms with Crippen molar-refractivity contribution >= 4 is 5.69 Å². The summed E-state index contributed by atoms with van der Waals surface area (Å²) in [6.45, 7) is -0.119. The number of anilines is 1. The van der Waals surface area contributed by atoms with Crippen molar-refractivity contribution in [3.63, 3.8) is 0 Å². The van der Waals surface area contributed by atoms with E-state index in [1.807, 2.05) is 0 Å². The third-order valence-corrected chi connectivity index (χ3v) is 1.72. The van der Waals surface area contributed by atoms with Gasteiger partial charge in [0, 0.05) is 12.1 Å². The monoisotopic (exact) mass is 245 g/mol. The number of alkyl halides is 3. The fraction of sp³-hybridized carbons (Fsp3) is 0.273. The molecule has 0 bridgehead atoms. The molecule has 0 spiro atoms. The lowest BCUT2D eigenvalue weighted by Crippen LogP contribution is -2.17. The molecule has 0 fully saturated rings. The molecule has 0 aliphatic carbocycles. The molecule has 92 valence electrons. The average Bonchev–Trinajstić information content (AvgIpc) is 2.21. The molecule has 0 aliphatic heterocycles. The highest BCUT2D eigenvalue weighted by Crippen LogP contribution is 2.25. The number of aliphatic hydroxyl groups is 1. The summed E-state index contributed by atoms with van der Waals surface area (Å²) in [4.78, 5) is 0. The second kappa shape index (κ2) is 5.46. The molecule has 0 radical (unpaired) electrons. The molecule has 0 unspecified atom stereocenters. The van der Waals surface area contributed by atoms with E-state index in [0.717, 1.165) is 12.1 Å². The van der Waals surface area contributed by atoms with Crippen molar-refractivity contribution in [2.45, 2.75) is 12.8 Å². The summed E-state index contributed by atoms with van der Waals surface area (Å²) in [5.41, 5.74) is 6.02. The van der Waals surface area contributed by atoms with Crippen LogP contribution in [0.2, 0.25) is 0 Å². The van der Waals surface area contributed by atoms with E-state index in [1.165, 1.54) is 6.07 Å². The molecule has 0 heterocycles. The van der Waals surface area contributed by atoms with Gasteiger partial charge in [-0.25, -0.2) is 0 Å². The third-order valence-electron chi connectivity index (χ3n) is 1.72. The molecule has 1 rings (SSSR count). The van der Waals surface area contributed by atoms with Gasteiger partial charge in [0.05, 0.1) is 12.2 Å². The van der Waals surface area contributed by atoms with Gasteiger partial charge in [0.1, 0.15) is 5.75 Å². The van der Waals surface area contributed by atoms with Crippen molar-refractivity contribution < 1.29 is 23.0 Å². The van der Waals surface area contributed by atoms with Crippen LogP contribution in [0.15, 0.2) is 18.2 Å². The Morgan fingerprint density at radius 3 is 2.65 bits per heavy atom. The molecule has 3 nitrogen and oxygen atoms in total.